The smallest absolute Gasteiger partial charge is 0.298 e. The van der Waals surface area contributed by atoms with Crippen LogP contribution in [-0.2, 0) is 4.79 Å². The lowest BCUT2D eigenvalue weighted by atomic mass is 9.77. The van der Waals surface area contributed by atoms with E-state index >= 15 is 0 Å². The van der Waals surface area contributed by atoms with Crippen LogP contribution in [0.5, 0.6) is 0 Å². The van der Waals surface area contributed by atoms with Crippen LogP contribution in [0.4, 0.5) is 13.2 Å². The maximum atomic E-state index is 12.4. The van der Waals surface area contributed by atoms with Crippen LogP contribution in [0.3, 0.4) is 0 Å². The molecule has 0 aliphatic heterocycles. The van der Waals surface area contributed by atoms with E-state index in [9.17, 15) is 18.0 Å². The van der Waals surface area contributed by atoms with Crippen molar-refractivity contribution in [3.63, 3.8) is 0 Å². The minimum absolute atomic E-state index is 0.0120. The Kier molecular flexibility index (Phi) is 3.95. The van der Waals surface area contributed by atoms with Crippen LogP contribution in [0.2, 0.25) is 0 Å². The molecule has 0 amide bonds. The highest BCUT2D eigenvalue weighted by Crippen LogP contribution is 2.40. The lowest BCUT2D eigenvalue weighted by molar-refractivity contribution is -0.184. The molecule has 0 N–H and O–H groups in total. The molecule has 1 aliphatic rings. The number of carbonyl (C=O) groups excluding carboxylic acids is 1. The first kappa shape index (κ1) is 13.0. The number of nitrogens with zero attached hydrogens (tertiary/aromatic N) is 1. The van der Waals surface area contributed by atoms with Crippen molar-refractivity contribution in [2.24, 2.45) is 17.8 Å². The Morgan fingerprint density at radius 1 is 1.31 bits per heavy atom. The van der Waals surface area contributed by atoms with Gasteiger partial charge in [0.25, 0.3) is 0 Å². The highest BCUT2D eigenvalue weighted by molar-refractivity contribution is 5.85. The molecule has 5 heteroatoms. The fraction of sp³-hybridized carbons (Fsp3) is 0.818. The number of nitriles is 1. The lowest BCUT2D eigenvalue weighted by Gasteiger charge is -2.29. The van der Waals surface area contributed by atoms with E-state index in [1.807, 2.05) is 6.07 Å². The first-order chi connectivity index (χ1) is 7.36. The Hall–Kier alpha value is -1.05. The van der Waals surface area contributed by atoms with Crippen LogP contribution in [0, 0.1) is 29.1 Å². The summed E-state index contributed by atoms with van der Waals surface area (Å²) in [6.45, 7) is 1.50. The number of carbonyl (C=O) groups is 1. The molecule has 0 aromatic heterocycles. The fourth-order valence-corrected chi connectivity index (χ4v) is 2.12. The summed E-state index contributed by atoms with van der Waals surface area (Å²) in [5.41, 5.74) is 0. The molecule has 0 saturated heterocycles. The standard InChI is InChI=1S/C11H14F3NO/c1-7(6-15)10(16)8-2-4-9(5-3-8)11(12,13)14/h7-9H,2-5H2,1H3. The number of hydrogen-bond donors (Lipinski definition) is 0. The molecule has 1 rings (SSSR count). The molecule has 1 fully saturated rings. The average molecular weight is 233 g/mol. The molecule has 0 aromatic carbocycles. The number of ketones is 1. The number of alkyl halides is 3. The number of Topliss-reactive ketones (excluding diaryl/α,β-unsaturated/α-hetero) is 1. The van der Waals surface area contributed by atoms with E-state index in [2.05, 4.69) is 0 Å². The van der Waals surface area contributed by atoms with Crippen molar-refractivity contribution in [2.45, 2.75) is 38.8 Å². The van der Waals surface area contributed by atoms with Crippen LogP contribution in [0.25, 0.3) is 0 Å². The molecular weight excluding hydrogens is 219 g/mol. The van der Waals surface area contributed by atoms with Crippen LogP contribution >= 0.6 is 0 Å². The zero-order chi connectivity index (χ0) is 12.3. The summed E-state index contributed by atoms with van der Waals surface area (Å²) in [5.74, 6) is -2.53. The highest BCUT2D eigenvalue weighted by atomic mass is 19.4. The summed E-state index contributed by atoms with van der Waals surface area (Å²) in [5, 5.41) is 8.57. The molecule has 1 unspecified atom stereocenters. The van der Waals surface area contributed by atoms with E-state index < -0.39 is 18.0 Å². The Bertz CT molecular complexity index is 297. The van der Waals surface area contributed by atoms with E-state index in [0.717, 1.165) is 0 Å². The second-order valence-electron chi connectivity index (χ2n) is 4.34. The normalized spacial score (nSPS) is 28.2. The van der Waals surface area contributed by atoms with Gasteiger partial charge in [-0.25, -0.2) is 0 Å². The number of hydrogen-bond acceptors (Lipinski definition) is 2. The van der Waals surface area contributed by atoms with Crippen molar-refractivity contribution >= 4 is 5.78 Å². The van der Waals surface area contributed by atoms with Gasteiger partial charge in [0, 0.05) is 5.92 Å². The Labute approximate surface area is 92.4 Å². The Morgan fingerprint density at radius 3 is 2.19 bits per heavy atom. The Morgan fingerprint density at radius 2 is 1.81 bits per heavy atom. The van der Waals surface area contributed by atoms with Gasteiger partial charge in [-0.15, -0.1) is 0 Å². The maximum Gasteiger partial charge on any atom is 0.391 e. The summed E-state index contributed by atoms with van der Waals surface area (Å²) in [4.78, 5) is 11.6. The summed E-state index contributed by atoms with van der Waals surface area (Å²) in [7, 11) is 0. The van der Waals surface area contributed by atoms with Crippen LogP contribution in [0.15, 0.2) is 0 Å². The largest absolute Gasteiger partial charge is 0.391 e. The van der Waals surface area contributed by atoms with Crippen molar-refractivity contribution < 1.29 is 18.0 Å². The monoisotopic (exact) mass is 233 g/mol. The molecule has 0 heterocycles. The van der Waals surface area contributed by atoms with Gasteiger partial charge < -0.3 is 0 Å². The van der Waals surface area contributed by atoms with Gasteiger partial charge in [0.05, 0.1) is 12.0 Å². The van der Waals surface area contributed by atoms with E-state index in [-0.39, 0.29) is 37.4 Å². The molecule has 1 aliphatic carbocycles. The topological polar surface area (TPSA) is 40.9 Å². The van der Waals surface area contributed by atoms with Gasteiger partial charge >= 0.3 is 6.18 Å². The van der Waals surface area contributed by atoms with E-state index in [1.165, 1.54) is 6.92 Å². The SMILES string of the molecule is CC(C#N)C(=O)C1CCC(C(F)(F)F)CC1. The number of halogens is 3. The maximum absolute atomic E-state index is 12.4. The van der Waals surface area contributed by atoms with E-state index in [4.69, 9.17) is 5.26 Å². The molecule has 0 spiro atoms. The van der Waals surface area contributed by atoms with Crippen LogP contribution < -0.4 is 0 Å². The van der Waals surface area contributed by atoms with Crippen molar-refractivity contribution in [1.29, 1.82) is 5.26 Å². The van der Waals surface area contributed by atoms with Crippen molar-refractivity contribution in [3.8, 4) is 6.07 Å². The summed E-state index contributed by atoms with van der Waals surface area (Å²) in [6.07, 6.45) is -3.60. The van der Waals surface area contributed by atoms with Crippen molar-refractivity contribution in [2.75, 3.05) is 0 Å². The minimum Gasteiger partial charge on any atom is -0.298 e. The van der Waals surface area contributed by atoms with Gasteiger partial charge in [-0.05, 0) is 32.6 Å². The zero-order valence-electron chi connectivity index (χ0n) is 9.05. The van der Waals surface area contributed by atoms with Gasteiger partial charge in [0.1, 0.15) is 5.92 Å². The van der Waals surface area contributed by atoms with Crippen molar-refractivity contribution in [1.82, 2.24) is 0 Å². The third-order valence-corrected chi connectivity index (χ3v) is 3.21. The predicted molar refractivity (Wildman–Crippen MR) is 51.3 cm³/mol. The van der Waals surface area contributed by atoms with Crippen LogP contribution in [-0.4, -0.2) is 12.0 Å². The van der Waals surface area contributed by atoms with Crippen molar-refractivity contribution in [3.05, 3.63) is 0 Å². The highest BCUT2D eigenvalue weighted by Gasteiger charge is 2.42. The average Bonchev–Trinajstić information content (AvgIpc) is 2.26. The zero-order valence-corrected chi connectivity index (χ0v) is 9.05. The fourth-order valence-electron chi connectivity index (χ4n) is 2.12. The summed E-state index contributed by atoms with van der Waals surface area (Å²) in [6, 6.07) is 1.83. The van der Waals surface area contributed by atoms with E-state index in [0.29, 0.717) is 0 Å². The molecule has 2 nitrogen and oxygen atoms in total. The molecule has 1 atom stereocenters. The molecular formula is C11H14F3NO. The second kappa shape index (κ2) is 4.86. The van der Waals surface area contributed by atoms with Gasteiger partial charge in [0.2, 0.25) is 0 Å². The first-order valence-electron chi connectivity index (χ1n) is 5.36. The summed E-state index contributed by atoms with van der Waals surface area (Å²) >= 11 is 0. The van der Waals surface area contributed by atoms with Crippen LogP contribution in [0.1, 0.15) is 32.6 Å². The molecule has 90 valence electrons. The molecule has 0 radical (unpaired) electrons. The molecule has 1 saturated carbocycles. The lowest BCUT2D eigenvalue weighted by Crippen LogP contribution is -2.31. The second-order valence-corrected chi connectivity index (χ2v) is 4.34. The molecule has 0 aromatic rings. The van der Waals surface area contributed by atoms with Gasteiger partial charge in [-0.1, -0.05) is 0 Å². The third-order valence-electron chi connectivity index (χ3n) is 3.21. The number of rotatable bonds is 2. The summed E-state index contributed by atoms with van der Waals surface area (Å²) < 4.78 is 37.1. The van der Waals surface area contributed by atoms with Gasteiger partial charge in [-0.2, -0.15) is 18.4 Å². The molecule has 0 bridgehead atoms. The minimum atomic E-state index is -4.14. The van der Waals surface area contributed by atoms with Gasteiger partial charge in [-0.3, -0.25) is 4.79 Å². The Balaban J connectivity index is 2.50. The third kappa shape index (κ3) is 2.97. The predicted octanol–water partition coefficient (Wildman–Crippen LogP) is 3.08. The van der Waals surface area contributed by atoms with Gasteiger partial charge in [0.15, 0.2) is 5.78 Å². The quantitative estimate of drug-likeness (QED) is 0.735. The molecule has 16 heavy (non-hydrogen) atoms. The first-order valence-corrected chi connectivity index (χ1v) is 5.36. The van der Waals surface area contributed by atoms with E-state index in [1.54, 1.807) is 0 Å².